The van der Waals surface area contributed by atoms with Crippen molar-refractivity contribution in [3.8, 4) is 0 Å². The normalized spacial score (nSPS) is 18.1. The van der Waals surface area contributed by atoms with Crippen LogP contribution in [-0.2, 0) is 6.42 Å². The highest BCUT2D eigenvalue weighted by Crippen LogP contribution is 2.29. The van der Waals surface area contributed by atoms with Gasteiger partial charge >= 0.3 is 0 Å². The molecule has 1 atom stereocenters. The fourth-order valence-corrected chi connectivity index (χ4v) is 4.00. The lowest BCUT2D eigenvalue weighted by molar-refractivity contribution is 0.511. The van der Waals surface area contributed by atoms with E-state index >= 15 is 0 Å². The smallest absolute Gasteiger partial charge is 0.126 e. The molecule has 0 spiro atoms. The molecular weight excluding hydrogens is 278 g/mol. The number of halogens is 2. The van der Waals surface area contributed by atoms with Gasteiger partial charge < -0.3 is 0 Å². The minimum absolute atomic E-state index is 0.0294. The van der Waals surface area contributed by atoms with Crippen molar-refractivity contribution in [2.24, 2.45) is 5.84 Å². The molecular formula is C15H22F2N2S. The van der Waals surface area contributed by atoms with Gasteiger partial charge in [0.25, 0.3) is 0 Å². The maximum absolute atomic E-state index is 13.6. The quantitative estimate of drug-likeness (QED) is 0.624. The van der Waals surface area contributed by atoms with E-state index in [1.807, 2.05) is 11.8 Å². The molecule has 0 radical (unpaired) electrons. The third kappa shape index (κ3) is 4.72. The standard InChI is InChI=1S/C15H22F2N2S/c16-12-6-7-15(17)11(8-12)9-13(19-18)10-20-14-4-2-1-3-5-14/h6-8,13-14,19H,1-5,9-10,18H2. The highest BCUT2D eigenvalue weighted by atomic mass is 32.2. The first-order valence-corrected chi connectivity index (χ1v) is 8.25. The maximum atomic E-state index is 13.6. The van der Waals surface area contributed by atoms with Crippen LogP contribution in [-0.4, -0.2) is 17.0 Å². The third-order valence-electron chi connectivity index (χ3n) is 3.80. The molecule has 1 aromatic carbocycles. The van der Waals surface area contributed by atoms with Gasteiger partial charge in [-0.1, -0.05) is 19.3 Å². The minimum atomic E-state index is -0.405. The molecule has 1 unspecified atom stereocenters. The SMILES string of the molecule is NNC(CSC1CCCCC1)Cc1cc(F)ccc1F. The van der Waals surface area contributed by atoms with Crippen molar-refractivity contribution >= 4 is 11.8 Å². The molecule has 0 aromatic heterocycles. The largest absolute Gasteiger partial charge is 0.271 e. The summed E-state index contributed by atoms with van der Waals surface area (Å²) in [5.74, 6) is 5.60. The third-order valence-corrected chi connectivity index (χ3v) is 5.33. The Morgan fingerprint density at radius 1 is 1.25 bits per heavy atom. The fraction of sp³-hybridized carbons (Fsp3) is 0.600. The van der Waals surface area contributed by atoms with Crippen molar-refractivity contribution in [2.75, 3.05) is 5.75 Å². The molecule has 5 heteroatoms. The van der Waals surface area contributed by atoms with E-state index in [-0.39, 0.29) is 11.9 Å². The van der Waals surface area contributed by atoms with Gasteiger partial charge in [-0.2, -0.15) is 11.8 Å². The molecule has 1 aromatic rings. The zero-order valence-electron chi connectivity index (χ0n) is 11.6. The van der Waals surface area contributed by atoms with Crippen LogP contribution in [0.4, 0.5) is 8.78 Å². The molecule has 2 nitrogen and oxygen atoms in total. The van der Waals surface area contributed by atoms with Gasteiger partial charge in [0.2, 0.25) is 0 Å². The molecule has 0 bridgehead atoms. The van der Waals surface area contributed by atoms with Gasteiger partial charge in [0.15, 0.2) is 0 Å². The summed E-state index contributed by atoms with van der Waals surface area (Å²) in [5.41, 5.74) is 3.11. The number of benzene rings is 1. The van der Waals surface area contributed by atoms with Crippen LogP contribution < -0.4 is 11.3 Å². The van der Waals surface area contributed by atoms with E-state index in [0.717, 1.165) is 11.8 Å². The summed E-state index contributed by atoms with van der Waals surface area (Å²) < 4.78 is 26.8. The zero-order chi connectivity index (χ0) is 14.4. The number of thioether (sulfide) groups is 1. The van der Waals surface area contributed by atoms with E-state index in [4.69, 9.17) is 5.84 Å². The van der Waals surface area contributed by atoms with Crippen molar-refractivity contribution < 1.29 is 8.78 Å². The lowest BCUT2D eigenvalue weighted by Crippen LogP contribution is -2.39. The summed E-state index contributed by atoms with van der Waals surface area (Å²) in [6.45, 7) is 0. The Balaban J connectivity index is 1.86. The molecule has 3 N–H and O–H groups in total. The monoisotopic (exact) mass is 300 g/mol. The molecule has 0 aliphatic heterocycles. The highest BCUT2D eigenvalue weighted by Gasteiger charge is 2.17. The van der Waals surface area contributed by atoms with Crippen LogP contribution in [0.5, 0.6) is 0 Å². The van der Waals surface area contributed by atoms with E-state index in [1.54, 1.807) is 0 Å². The Morgan fingerprint density at radius 2 is 2.00 bits per heavy atom. The lowest BCUT2D eigenvalue weighted by Gasteiger charge is -2.24. The average Bonchev–Trinajstić information content (AvgIpc) is 2.48. The van der Waals surface area contributed by atoms with Crippen LogP contribution in [0.3, 0.4) is 0 Å². The summed E-state index contributed by atoms with van der Waals surface area (Å²) >= 11 is 1.90. The Morgan fingerprint density at radius 3 is 2.70 bits per heavy atom. The van der Waals surface area contributed by atoms with Crippen molar-refractivity contribution in [3.63, 3.8) is 0 Å². The van der Waals surface area contributed by atoms with E-state index < -0.39 is 5.82 Å². The first-order valence-electron chi connectivity index (χ1n) is 7.20. The van der Waals surface area contributed by atoms with Crippen LogP contribution >= 0.6 is 11.8 Å². The molecule has 20 heavy (non-hydrogen) atoms. The molecule has 112 valence electrons. The first kappa shape index (κ1) is 15.7. The first-order chi connectivity index (χ1) is 9.69. The number of hydrazine groups is 1. The minimum Gasteiger partial charge on any atom is -0.271 e. The van der Waals surface area contributed by atoms with Gasteiger partial charge in [0.05, 0.1) is 0 Å². The molecule has 0 saturated heterocycles. The predicted octanol–water partition coefficient (Wildman–Crippen LogP) is 3.41. The summed E-state index contributed by atoms with van der Waals surface area (Å²) in [6, 6.07) is 3.54. The number of hydrogen-bond acceptors (Lipinski definition) is 3. The van der Waals surface area contributed by atoms with Gasteiger partial charge in [-0.15, -0.1) is 0 Å². The molecule has 1 aliphatic rings. The van der Waals surface area contributed by atoms with Gasteiger partial charge in [0.1, 0.15) is 11.6 Å². The van der Waals surface area contributed by atoms with Gasteiger partial charge in [-0.3, -0.25) is 11.3 Å². The molecule has 0 amide bonds. The number of hydrogen-bond donors (Lipinski definition) is 2. The molecule has 1 aliphatic carbocycles. The van der Waals surface area contributed by atoms with Gasteiger partial charge in [-0.25, -0.2) is 8.78 Å². The Kier molecular flexibility index (Phi) is 6.26. The average molecular weight is 300 g/mol. The Bertz CT molecular complexity index is 422. The second-order valence-electron chi connectivity index (χ2n) is 5.40. The van der Waals surface area contributed by atoms with E-state index in [2.05, 4.69) is 5.43 Å². The maximum Gasteiger partial charge on any atom is 0.126 e. The summed E-state index contributed by atoms with van der Waals surface area (Å²) in [6.07, 6.45) is 6.88. The van der Waals surface area contributed by atoms with Crippen LogP contribution in [0, 0.1) is 11.6 Å². The number of nitrogens with one attached hydrogen (secondary N) is 1. The number of rotatable bonds is 6. The predicted molar refractivity (Wildman–Crippen MR) is 80.5 cm³/mol. The van der Waals surface area contributed by atoms with Gasteiger partial charge in [-0.05, 0) is 43.0 Å². The molecule has 2 rings (SSSR count). The number of nitrogens with two attached hydrogens (primary N) is 1. The second-order valence-corrected chi connectivity index (χ2v) is 6.73. The van der Waals surface area contributed by atoms with Crippen molar-refractivity contribution in [1.29, 1.82) is 0 Å². The summed E-state index contributed by atoms with van der Waals surface area (Å²) in [4.78, 5) is 0. The molecule has 1 saturated carbocycles. The van der Waals surface area contributed by atoms with Crippen molar-refractivity contribution in [1.82, 2.24) is 5.43 Å². The summed E-state index contributed by atoms with van der Waals surface area (Å²) in [5, 5.41) is 0.692. The lowest BCUT2D eigenvalue weighted by atomic mass is 10.0. The fourth-order valence-electron chi connectivity index (χ4n) is 2.62. The van der Waals surface area contributed by atoms with E-state index in [9.17, 15) is 8.78 Å². The Labute approximate surface area is 123 Å². The molecule has 0 heterocycles. The van der Waals surface area contributed by atoms with Crippen LogP contribution in [0.15, 0.2) is 18.2 Å². The Hall–Kier alpha value is -0.650. The van der Waals surface area contributed by atoms with E-state index in [0.29, 0.717) is 17.2 Å². The van der Waals surface area contributed by atoms with Gasteiger partial charge in [0, 0.05) is 17.0 Å². The molecule has 1 fully saturated rings. The van der Waals surface area contributed by atoms with Crippen LogP contribution in [0.25, 0.3) is 0 Å². The topological polar surface area (TPSA) is 38.0 Å². The van der Waals surface area contributed by atoms with Crippen LogP contribution in [0.1, 0.15) is 37.7 Å². The van der Waals surface area contributed by atoms with E-state index in [1.165, 1.54) is 44.2 Å². The van der Waals surface area contributed by atoms with Crippen molar-refractivity contribution in [2.45, 2.75) is 49.8 Å². The van der Waals surface area contributed by atoms with Crippen molar-refractivity contribution in [3.05, 3.63) is 35.4 Å². The summed E-state index contributed by atoms with van der Waals surface area (Å²) in [7, 11) is 0. The second kappa shape index (κ2) is 7.96. The highest BCUT2D eigenvalue weighted by molar-refractivity contribution is 7.99. The van der Waals surface area contributed by atoms with Crippen LogP contribution in [0.2, 0.25) is 0 Å². The zero-order valence-corrected chi connectivity index (χ0v) is 12.4.